The molecule has 8 heteroatoms. The molecule has 2 fully saturated rings. The number of rotatable bonds is 5. The molecule has 2 saturated heterocycles. The van der Waals surface area contributed by atoms with Crippen LogP contribution in [0.3, 0.4) is 0 Å². The van der Waals surface area contributed by atoms with Gasteiger partial charge >= 0.3 is 0 Å². The molecule has 0 bridgehead atoms. The van der Waals surface area contributed by atoms with Crippen LogP contribution in [0.5, 0.6) is 5.75 Å². The number of nitrogens with one attached hydrogen (secondary N) is 2. The number of anilines is 1. The fraction of sp³-hybridized carbons (Fsp3) is 0.474. The van der Waals surface area contributed by atoms with Crippen LogP contribution in [-0.4, -0.2) is 48.1 Å². The summed E-state index contributed by atoms with van der Waals surface area (Å²) in [6.07, 6.45) is 4.98. The number of benzene rings is 1. The summed E-state index contributed by atoms with van der Waals surface area (Å²) in [5.41, 5.74) is 1.06. The summed E-state index contributed by atoms with van der Waals surface area (Å²) in [6.45, 7) is 3.24. The van der Waals surface area contributed by atoms with E-state index in [2.05, 4.69) is 15.7 Å². The Morgan fingerprint density at radius 3 is 2.96 bits per heavy atom. The van der Waals surface area contributed by atoms with Gasteiger partial charge in [-0.05, 0) is 37.6 Å². The van der Waals surface area contributed by atoms with Crippen LogP contribution < -0.4 is 15.4 Å². The molecule has 1 amide bonds. The van der Waals surface area contributed by atoms with Gasteiger partial charge in [-0.25, -0.2) is 0 Å². The highest BCUT2D eigenvalue weighted by Gasteiger charge is 2.21. The van der Waals surface area contributed by atoms with Crippen molar-refractivity contribution < 1.29 is 14.3 Å². The van der Waals surface area contributed by atoms with Crippen molar-refractivity contribution in [3.05, 3.63) is 42.2 Å². The lowest BCUT2D eigenvalue weighted by Crippen LogP contribution is -2.32. The zero-order valence-electron chi connectivity index (χ0n) is 15.1. The van der Waals surface area contributed by atoms with E-state index in [1.807, 2.05) is 35.1 Å². The van der Waals surface area contributed by atoms with Gasteiger partial charge < -0.3 is 20.1 Å². The van der Waals surface area contributed by atoms with Gasteiger partial charge in [-0.15, -0.1) is 12.4 Å². The molecule has 3 heterocycles. The summed E-state index contributed by atoms with van der Waals surface area (Å²) < 4.78 is 13.2. The lowest BCUT2D eigenvalue weighted by molar-refractivity contribution is 0.101. The van der Waals surface area contributed by atoms with Gasteiger partial charge in [-0.1, -0.05) is 12.1 Å². The molecule has 0 spiro atoms. The van der Waals surface area contributed by atoms with Crippen molar-refractivity contribution in [1.29, 1.82) is 0 Å². The number of nitrogens with zero attached hydrogens (tertiary/aromatic N) is 2. The van der Waals surface area contributed by atoms with Gasteiger partial charge in [-0.3, -0.25) is 9.48 Å². The normalized spacial score (nSPS) is 22.1. The van der Waals surface area contributed by atoms with Crippen LogP contribution >= 0.6 is 12.4 Å². The second kappa shape index (κ2) is 9.21. The van der Waals surface area contributed by atoms with Crippen molar-refractivity contribution in [3.63, 3.8) is 0 Å². The van der Waals surface area contributed by atoms with Crippen LogP contribution in [0.25, 0.3) is 0 Å². The molecule has 0 saturated carbocycles. The molecular weight excluding hydrogens is 368 g/mol. The summed E-state index contributed by atoms with van der Waals surface area (Å²) in [5.74, 6) is 0.429. The van der Waals surface area contributed by atoms with Crippen molar-refractivity contribution in [2.24, 2.45) is 0 Å². The van der Waals surface area contributed by atoms with Gasteiger partial charge in [0.2, 0.25) is 0 Å². The van der Waals surface area contributed by atoms with Crippen LogP contribution in [-0.2, 0) is 4.74 Å². The van der Waals surface area contributed by atoms with Crippen LogP contribution in [0.15, 0.2) is 36.5 Å². The predicted octanol–water partition coefficient (Wildman–Crippen LogP) is 2.65. The van der Waals surface area contributed by atoms with Crippen molar-refractivity contribution in [1.82, 2.24) is 15.1 Å². The minimum absolute atomic E-state index is 0. The summed E-state index contributed by atoms with van der Waals surface area (Å²) in [7, 11) is 0. The lowest BCUT2D eigenvalue weighted by Gasteiger charge is -2.22. The van der Waals surface area contributed by atoms with Gasteiger partial charge in [0.15, 0.2) is 5.69 Å². The fourth-order valence-corrected chi connectivity index (χ4v) is 3.37. The van der Waals surface area contributed by atoms with E-state index in [1.165, 1.54) is 0 Å². The number of carbonyl (C=O) groups is 1. The third-order valence-electron chi connectivity index (χ3n) is 4.80. The number of ether oxygens (including phenoxy) is 2. The highest BCUT2D eigenvalue weighted by molar-refractivity contribution is 6.03. The second-order valence-electron chi connectivity index (χ2n) is 6.73. The molecule has 0 radical (unpaired) electrons. The van der Waals surface area contributed by atoms with E-state index in [1.54, 1.807) is 6.07 Å². The molecule has 2 atom stereocenters. The topological polar surface area (TPSA) is 77.4 Å². The van der Waals surface area contributed by atoms with Crippen molar-refractivity contribution >= 4 is 24.0 Å². The fourth-order valence-electron chi connectivity index (χ4n) is 3.37. The van der Waals surface area contributed by atoms with Gasteiger partial charge in [0.1, 0.15) is 11.9 Å². The number of para-hydroxylation sites is 2. The van der Waals surface area contributed by atoms with E-state index in [-0.39, 0.29) is 24.4 Å². The summed E-state index contributed by atoms with van der Waals surface area (Å²) in [6, 6.07) is 9.54. The van der Waals surface area contributed by atoms with Crippen molar-refractivity contribution in [2.75, 3.05) is 31.6 Å². The van der Waals surface area contributed by atoms with Gasteiger partial charge in [-0.2, -0.15) is 5.10 Å². The Kier molecular flexibility index (Phi) is 6.71. The van der Waals surface area contributed by atoms with Crippen LogP contribution in [0.4, 0.5) is 5.69 Å². The van der Waals surface area contributed by atoms with Crippen LogP contribution in [0.1, 0.15) is 35.8 Å². The van der Waals surface area contributed by atoms with Crippen LogP contribution in [0, 0.1) is 0 Å². The van der Waals surface area contributed by atoms with E-state index in [4.69, 9.17) is 9.47 Å². The van der Waals surface area contributed by atoms with E-state index in [0.29, 0.717) is 36.4 Å². The third-order valence-corrected chi connectivity index (χ3v) is 4.80. The molecule has 146 valence electrons. The first-order valence-electron chi connectivity index (χ1n) is 9.20. The SMILES string of the molecule is Cl.O=C(Nc1ccccc1OC1CCOC1)c1ccn(C2CCCNC2)n1. The zero-order valence-corrected chi connectivity index (χ0v) is 15.9. The molecule has 2 aromatic rings. The largest absolute Gasteiger partial charge is 0.486 e. The maximum atomic E-state index is 12.6. The molecule has 0 aliphatic carbocycles. The molecule has 1 aromatic heterocycles. The van der Waals surface area contributed by atoms with E-state index < -0.39 is 0 Å². The second-order valence-corrected chi connectivity index (χ2v) is 6.73. The Morgan fingerprint density at radius 1 is 1.30 bits per heavy atom. The molecular formula is C19H25ClN4O3. The molecule has 7 nitrogen and oxygen atoms in total. The number of halogens is 1. The number of hydrogen-bond acceptors (Lipinski definition) is 5. The summed E-state index contributed by atoms with van der Waals surface area (Å²) >= 11 is 0. The number of carbonyl (C=O) groups excluding carboxylic acids is 1. The third kappa shape index (κ3) is 4.80. The number of amides is 1. The average Bonchev–Trinajstić information content (AvgIpc) is 3.36. The van der Waals surface area contributed by atoms with E-state index >= 15 is 0 Å². The molecule has 2 N–H and O–H groups in total. The maximum Gasteiger partial charge on any atom is 0.276 e. The first-order valence-corrected chi connectivity index (χ1v) is 9.20. The molecule has 4 rings (SSSR count). The standard InChI is InChI=1S/C19H24N4O3.ClH/c24-19(17-7-10-23(22-17)14-4-3-9-20-12-14)21-16-5-1-2-6-18(16)26-15-8-11-25-13-15;/h1-2,5-7,10,14-15,20H,3-4,8-9,11-13H2,(H,21,24);1H. The van der Waals surface area contributed by atoms with Crippen LogP contribution in [0.2, 0.25) is 0 Å². The Morgan fingerprint density at radius 2 is 2.19 bits per heavy atom. The van der Waals surface area contributed by atoms with Gasteiger partial charge in [0, 0.05) is 19.2 Å². The highest BCUT2D eigenvalue weighted by Crippen LogP contribution is 2.27. The number of piperidine rings is 1. The van der Waals surface area contributed by atoms with E-state index in [0.717, 1.165) is 32.4 Å². The Hall–Kier alpha value is -2.09. The van der Waals surface area contributed by atoms with Crippen molar-refractivity contribution in [2.45, 2.75) is 31.4 Å². The first kappa shape index (κ1) is 19.7. The van der Waals surface area contributed by atoms with Crippen molar-refractivity contribution in [3.8, 4) is 5.75 Å². The Bertz CT molecular complexity index is 755. The van der Waals surface area contributed by atoms with Gasteiger partial charge in [0.25, 0.3) is 5.91 Å². The predicted molar refractivity (Wildman–Crippen MR) is 105 cm³/mol. The van der Waals surface area contributed by atoms with Gasteiger partial charge in [0.05, 0.1) is 24.9 Å². The Balaban J connectivity index is 0.00000210. The molecule has 2 aliphatic rings. The quantitative estimate of drug-likeness (QED) is 0.818. The number of hydrogen-bond donors (Lipinski definition) is 2. The molecule has 27 heavy (non-hydrogen) atoms. The molecule has 2 unspecified atom stereocenters. The minimum atomic E-state index is -0.230. The zero-order chi connectivity index (χ0) is 17.8. The highest BCUT2D eigenvalue weighted by atomic mass is 35.5. The monoisotopic (exact) mass is 392 g/mol. The molecule has 2 aliphatic heterocycles. The molecule has 1 aromatic carbocycles. The van der Waals surface area contributed by atoms with E-state index in [9.17, 15) is 4.79 Å². The minimum Gasteiger partial charge on any atom is -0.486 e. The summed E-state index contributed by atoms with van der Waals surface area (Å²) in [4.78, 5) is 12.6. The Labute approximate surface area is 164 Å². The summed E-state index contributed by atoms with van der Waals surface area (Å²) in [5, 5.41) is 10.8. The smallest absolute Gasteiger partial charge is 0.276 e. The number of aromatic nitrogens is 2. The lowest BCUT2D eigenvalue weighted by atomic mass is 10.1. The average molecular weight is 393 g/mol. The first-order chi connectivity index (χ1) is 12.8. The maximum absolute atomic E-state index is 12.6.